The predicted octanol–water partition coefficient (Wildman–Crippen LogP) is 1.24. The van der Waals surface area contributed by atoms with Crippen LogP contribution in [0.2, 0.25) is 0 Å². The standard InChI is InChI=1S/C14H20O6/c1-5-20-12(15)8(2)9-6-10(13(16)18-3)11(7-9)14(17)19-4/h10-11H,5-7H2,1-4H3/t10-,11-/m0/s1. The summed E-state index contributed by atoms with van der Waals surface area (Å²) in [6.07, 6.45) is 0.633. The van der Waals surface area contributed by atoms with Gasteiger partial charge in [-0.25, -0.2) is 4.79 Å². The molecule has 0 aromatic heterocycles. The molecule has 1 saturated carbocycles. The minimum absolute atomic E-state index is 0.282. The lowest BCUT2D eigenvalue weighted by molar-refractivity contribution is -0.156. The van der Waals surface area contributed by atoms with Gasteiger partial charge < -0.3 is 14.2 Å². The first-order valence-corrected chi connectivity index (χ1v) is 6.47. The molecule has 0 unspecified atom stereocenters. The fourth-order valence-electron chi connectivity index (χ4n) is 2.39. The van der Waals surface area contributed by atoms with E-state index in [1.54, 1.807) is 13.8 Å². The molecule has 20 heavy (non-hydrogen) atoms. The molecule has 0 amide bonds. The highest BCUT2D eigenvalue weighted by Gasteiger charge is 2.42. The Morgan fingerprint density at radius 1 is 1.05 bits per heavy atom. The molecule has 0 saturated heterocycles. The van der Waals surface area contributed by atoms with Crippen LogP contribution in [0.3, 0.4) is 0 Å². The van der Waals surface area contributed by atoms with Crippen LogP contribution in [0.5, 0.6) is 0 Å². The Kier molecular flexibility index (Phi) is 5.73. The van der Waals surface area contributed by atoms with Crippen LogP contribution in [-0.4, -0.2) is 38.7 Å². The SMILES string of the molecule is CCOC(=O)C(C)=C1C[C@H](C(=O)OC)[C@@H](C(=O)OC)C1. The molecule has 112 valence electrons. The molecule has 6 heteroatoms. The first-order chi connectivity index (χ1) is 9.46. The van der Waals surface area contributed by atoms with Crippen molar-refractivity contribution in [3.05, 3.63) is 11.1 Å². The number of ether oxygens (including phenoxy) is 3. The number of methoxy groups -OCH3 is 2. The number of carbonyl (C=O) groups excluding carboxylic acids is 3. The highest BCUT2D eigenvalue weighted by Crippen LogP contribution is 2.39. The quantitative estimate of drug-likeness (QED) is 0.439. The van der Waals surface area contributed by atoms with Crippen molar-refractivity contribution in [2.75, 3.05) is 20.8 Å². The molecule has 0 heterocycles. The molecule has 1 aliphatic carbocycles. The lowest BCUT2D eigenvalue weighted by Gasteiger charge is -2.13. The van der Waals surface area contributed by atoms with E-state index in [1.165, 1.54) is 14.2 Å². The van der Waals surface area contributed by atoms with E-state index in [9.17, 15) is 14.4 Å². The van der Waals surface area contributed by atoms with Gasteiger partial charge in [-0.2, -0.15) is 0 Å². The van der Waals surface area contributed by atoms with Gasteiger partial charge in [0.25, 0.3) is 0 Å². The number of hydrogen-bond donors (Lipinski definition) is 0. The average molecular weight is 284 g/mol. The topological polar surface area (TPSA) is 78.9 Å². The Hall–Kier alpha value is -1.85. The number of esters is 3. The maximum absolute atomic E-state index is 11.7. The second-order valence-electron chi connectivity index (χ2n) is 4.62. The lowest BCUT2D eigenvalue weighted by atomic mass is 9.96. The third kappa shape index (κ3) is 3.37. The van der Waals surface area contributed by atoms with Crippen LogP contribution in [0.25, 0.3) is 0 Å². The van der Waals surface area contributed by atoms with E-state index in [2.05, 4.69) is 0 Å². The molecule has 0 aromatic carbocycles. The zero-order chi connectivity index (χ0) is 15.3. The highest BCUT2D eigenvalue weighted by molar-refractivity contribution is 5.90. The Labute approximate surface area is 118 Å². The summed E-state index contributed by atoms with van der Waals surface area (Å²) in [6, 6.07) is 0. The minimum atomic E-state index is -0.605. The summed E-state index contributed by atoms with van der Waals surface area (Å²) in [6.45, 7) is 3.64. The zero-order valence-corrected chi connectivity index (χ0v) is 12.2. The van der Waals surface area contributed by atoms with Gasteiger partial charge in [0.15, 0.2) is 0 Å². The predicted molar refractivity (Wildman–Crippen MR) is 69.6 cm³/mol. The van der Waals surface area contributed by atoms with Gasteiger partial charge in [0, 0.05) is 5.57 Å². The van der Waals surface area contributed by atoms with Gasteiger partial charge in [0.2, 0.25) is 0 Å². The molecule has 0 bridgehead atoms. The van der Waals surface area contributed by atoms with Crippen molar-refractivity contribution in [2.45, 2.75) is 26.7 Å². The van der Waals surface area contributed by atoms with Crippen LogP contribution in [0, 0.1) is 11.8 Å². The summed E-state index contributed by atoms with van der Waals surface area (Å²) >= 11 is 0. The molecular weight excluding hydrogens is 264 g/mol. The third-order valence-electron chi connectivity index (χ3n) is 3.54. The molecule has 0 radical (unpaired) electrons. The van der Waals surface area contributed by atoms with E-state index in [1.807, 2.05) is 0 Å². The molecule has 0 aromatic rings. The van der Waals surface area contributed by atoms with Crippen LogP contribution in [0.4, 0.5) is 0 Å². The highest BCUT2D eigenvalue weighted by atomic mass is 16.5. The smallest absolute Gasteiger partial charge is 0.333 e. The summed E-state index contributed by atoms with van der Waals surface area (Å²) in [5.74, 6) is -2.56. The summed E-state index contributed by atoms with van der Waals surface area (Å²) in [5, 5.41) is 0. The fourth-order valence-corrected chi connectivity index (χ4v) is 2.39. The van der Waals surface area contributed by atoms with Gasteiger partial charge in [-0.1, -0.05) is 5.57 Å². The number of allylic oxidation sites excluding steroid dienone is 1. The second kappa shape index (κ2) is 7.07. The van der Waals surface area contributed by atoms with Crippen molar-refractivity contribution in [3.8, 4) is 0 Å². The van der Waals surface area contributed by atoms with Crippen LogP contribution >= 0.6 is 0 Å². The van der Waals surface area contributed by atoms with E-state index in [4.69, 9.17) is 14.2 Å². The molecule has 0 aliphatic heterocycles. The monoisotopic (exact) mass is 284 g/mol. The molecule has 1 aliphatic rings. The van der Waals surface area contributed by atoms with E-state index < -0.39 is 29.7 Å². The van der Waals surface area contributed by atoms with Gasteiger partial charge in [-0.3, -0.25) is 9.59 Å². The number of hydrogen-bond acceptors (Lipinski definition) is 6. The summed E-state index contributed by atoms with van der Waals surface area (Å²) in [5.41, 5.74) is 1.20. The van der Waals surface area contributed by atoms with E-state index in [0.717, 1.165) is 5.57 Å². The molecular formula is C14H20O6. The second-order valence-corrected chi connectivity index (χ2v) is 4.62. The van der Waals surface area contributed by atoms with Crippen molar-refractivity contribution in [3.63, 3.8) is 0 Å². The number of carbonyl (C=O) groups is 3. The lowest BCUT2D eigenvalue weighted by Crippen LogP contribution is -2.27. The van der Waals surface area contributed by atoms with Crippen molar-refractivity contribution in [1.29, 1.82) is 0 Å². The van der Waals surface area contributed by atoms with Gasteiger partial charge in [-0.05, 0) is 26.7 Å². The zero-order valence-electron chi connectivity index (χ0n) is 12.2. The van der Waals surface area contributed by atoms with Crippen molar-refractivity contribution < 1.29 is 28.6 Å². The van der Waals surface area contributed by atoms with Crippen LogP contribution in [0.1, 0.15) is 26.7 Å². The molecule has 1 rings (SSSR count). The van der Waals surface area contributed by atoms with Gasteiger partial charge >= 0.3 is 17.9 Å². The fraction of sp³-hybridized carbons (Fsp3) is 0.643. The third-order valence-corrected chi connectivity index (χ3v) is 3.54. The van der Waals surface area contributed by atoms with Crippen molar-refractivity contribution in [2.24, 2.45) is 11.8 Å². The largest absolute Gasteiger partial charge is 0.469 e. The molecule has 0 spiro atoms. The molecule has 0 N–H and O–H groups in total. The maximum Gasteiger partial charge on any atom is 0.333 e. The average Bonchev–Trinajstić information content (AvgIpc) is 2.90. The Morgan fingerprint density at radius 3 is 1.85 bits per heavy atom. The van der Waals surface area contributed by atoms with E-state index >= 15 is 0 Å². The first-order valence-electron chi connectivity index (χ1n) is 6.47. The van der Waals surface area contributed by atoms with Gasteiger partial charge in [0.05, 0.1) is 32.7 Å². The Balaban J connectivity index is 3.00. The van der Waals surface area contributed by atoms with Gasteiger partial charge in [0.1, 0.15) is 0 Å². The normalized spacial score (nSPS) is 21.3. The first kappa shape index (κ1) is 16.2. The van der Waals surface area contributed by atoms with Gasteiger partial charge in [-0.15, -0.1) is 0 Å². The molecule has 2 atom stereocenters. The summed E-state index contributed by atoms with van der Waals surface area (Å²) < 4.78 is 14.4. The van der Waals surface area contributed by atoms with Crippen LogP contribution in [0.15, 0.2) is 11.1 Å². The minimum Gasteiger partial charge on any atom is -0.469 e. The Morgan fingerprint density at radius 2 is 1.50 bits per heavy atom. The Bertz CT molecular complexity index is 411. The summed E-state index contributed by atoms with van der Waals surface area (Å²) in [7, 11) is 2.55. The maximum atomic E-state index is 11.7. The molecule has 6 nitrogen and oxygen atoms in total. The van der Waals surface area contributed by atoms with E-state index in [0.29, 0.717) is 18.4 Å². The van der Waals surface area contributed by atoms with Crippen LogP contribution < -0.4 is 0 Å². The van der Waals surface area contributed by atoms with Crippen LogP contribution in [-0.2, 0) is 28.6 Å². The van der Waals surface area contributed by atoms with Crippen molar-refractivity contribution in [1.82, 2.24) is 0 Å². The molecule has 1 fully saturated rings. The number of rotatable bonds is 4. The van der Waals surface area contributed by atoms with E-state index in [-0.39, 0.29) is 6.61 Å². The van der Waals surface area contributed by atoms with Crippen molar-refractivity contribution >= 4 is 17.9 Å². The summed E-state index contributed by atoms with van der Waals surface area (Å²) in [4.78, 5) is 35.2.